The summed E-state index contributed by atoms with van der Waals surface area (Å²) in [5.74, 6) is 0. The summed E-state index contributed by atoms with van der Waals surface area (Å²) < 4.78 is 36.9. The predicted octanol–water partition coefficient (Wildman–Crippen LogP) is 3.66. The van der Waals surface area contributed by atoms with E-state index in [1.165, 1.54) is 0 Å². The fourth-order valence-electron chi connectivity index (χ4n) is 2.85. The van der Waals surface area contributed by atoms with Gasteiger partial charge in [0, 0.05) is 14.2 Å². The lowest BCUT2D eigenvalue weighted by Gasteiger charge is -2.48. The maximum atomic E-state index is 6.47. The third kappa shape index (κ3) is 8.19. The molecule has 26 heavy (non-hydrogen) atoms. The lowest BCUT2D eigenvalue weighted by molar-refractivity contribution is -0.285. The van der Waals surface area contributed by atoms with Gasteiger partial charge in [0.2, 0.25) is 0 Å². The van der Waals surface area contributed by atoms with E-state index in [4.69, 9.17) is 27.5 Å². The molecule has 5 atom stereocenters. The van der Waals surface area contributed by atoms with Crippen LogP contribution in [0.25, 0.3) is 0 Å². The Bertz CT molecular complexity index is 430. The van der Waals surface area contributed by atoms with Crippen LogP contribution in [0.1, 0.15) is 0 Å². The summed E-state index contributed by atoms with van der Waals surface area (Å²) in [4.78, 5) is 0. The molecule has 0 bridgehead atoms. The summed E-state index contributed by atoms with van der Waals surface area (Å²) in [7, 11) is -1.96. The molecule has 0 N–H and O–H groups in total. The van der Waals surface area contributed by atoms with Crippen molar-refractivity contribution < 1.29 is 27.5 Å². The van der Waals surface area contributed by atoms with Crippen LogP contribution in [0.15, 0.2) is 0 Å². The highest BCUT2D eigenvalue weighted by molar-refractivity contribution is 6.70. The van der Waals surface area contributed by atoms with Crippen molar-refractivity contribution in [1.29, 1.82) is 0 Å². The molecule has 6 nitrogen and oxygen atoms in total. The SMILES string of the molecule is COC1C(O[Si](C)(C)C)OC(CO[Si](C)(C)C)C(O[Si](C)(C)C)C1OC. The van der Waals surface area contributed by atoms with Crippen molar-refractivity contribution in [3.05, 3.63) is 0 Å². The smallest absolute Gasteiger partial charge is 0.187 e. The van der Waals surface area contributed by atoms with Crippen molar-refractivity contribution in [2.45, 2.75) is 89.6 Å². The molecular formula is C17H40O6Si3. The van der Waals surface area contributed by atoms with Crippen LogP contribution in [0.3, 0.4) is 0 Å². The molecule has 0 aromatic carbocycles. The van der Waals surface area contributed by atoms with Crippen molar-refractivity contribution in [3.63, 3.8) is 0 Å². The van der Waals surface area contributed by atoms with E-state index in [1.807, 2.05) is 0 Å². The third-order valence-electron chi connectivity index (χ3n) is 3.78. The molecule has 1 aliphatic rings. The maximum absolute atomic E-state index is 6.47. The van der Waals surface area contributed by atoms with Crippen molar-refractivity contribution in [1.82, 2.24) is 0 Å². The number of rotatable bonds is 9. The summed E-state index contributed by atoms with van der Waals surface area (Å²) in [6.07, 6.45) is -1.57. The minimum Gasteiger partial charge on any atom is -0.415 e. The first-order valence-corrected chi connectivity index (χ1v) is 19.6. The first-order chi connectivity index (χ1) is 11.7. The molecule has 0 saturated carbocycles. The molecule has 0 aromatic heterocycles. The summed E-state index contributed by atoms with van der Waals surface area (Å²) in [5.41, 5.74) is 0. The van der Waals surface area contributed by atoms with Gasteiger partial charge in [-0.1, -0.05) is 0 Å². The zero-order valence-electron chi connectivity index (χ0n) is 18.5. The predicted molar refractivity (Wildman–Crippen MR) is 112 cm³/mol. The Morgan fingerprint density at radius 3 is 1.54 bits per heavy atom. The largest absolute Gasteiger partial charge is 0.415 e. The molecular weight excluding hydrogens is 384 g/mol. The molecule has 1 heterocycles. The topological polar surface area (TPSA) is 55.4 Å². The van der Waals surface area contributed by atoms with Crippen LogP contribution in [0.2, 0.25) is 58.9 Å². The van der Waals surface area contributed by atoms with Gasteiger partial charge in [0.15, 0.2) is 31.2 Å². The van der Waals surface area contributed by atoms with Gasteiger partial charge in [-0.15, -0.1) is 0 Å². The highest BCUT2D eigenvalue weighted by atomic mass is 28.4. The Kier molecular flexibility index (Phi) is 8.72. The van der Waals surface area contributed by atoms with E-state index in [0.29, 0.717) is 6.61 Å². The number of hydrogen-bond donors (Lipinski definition) is 0. The standard InChI is InChI=1S/C17H40O6Si3/c1-18-15-14(22-25(6,7)8)13(12-20-24(3,4)5)21-17(16(15)19-2)23-26(9,10)11/h13-17H,12H2,1-11H3. The fourth-order valence-corrected chi connectivity index (χ4v) is 5.51. The Morgan fingerprint density at radius 1 is 0.654 bits per heavy atom. The van der Waals surface area contributed by atoms with E-state index >= 15 is 0 Å². The van der Waals surface area contributed by atoms with Gasteiger partial charge in [-0.25, -0.2) is 0 Å². The molecule has 9 heteroatoms. The van der Waals surface area contributed by atoms with Crippen LogP contribution in [0, 0.1) is 0 Å². The van der Waals surface area contributed by atoms with Crippen molar-refractivity contribution in [2.75, 3.05) is 20.8 Å². The summed E-state index contributed by atoms with van der Waals surface area (Å²) in [6, 6.07) is 0. The second kappa shape index (κ2) is 9.27. The maximum Gasteiger partial charge on any atom is 0.187 e. The van der Waals surface area contributed by atoms with Gasteiger partial charge in [0.1, 0.15) is 24.4 Å². The van der Waals surface area contributed by atoms with Crippen LogP contribution in [0.4, 0.5) is 0 Å². The number of hydrogen-bond acceptors (Lipinski definition) is 6. The van der Waals surface area contributed by atoms with Crippen LogP contribution < -0.4 is 0 Å². The van der Waals surface area contributed by atoms with Gasteiger partial charge in [0.05, 0.1) is 6.61 Å². The average molecular weight is 425 g/mol. The van der Waals surface area contributed by atoms with E-state index < -0.39 is 31.2 Å². The normalized spacial score (nSPS) is 31.3. The fraction of sp³-hybridized carbons (Fsp3) is 1.00. The molecule has 1 rings (SSSR count). The highest BCUT2D eigenvalue weighted by Gasteiger charge is 2.50. The molecule has 0 amide bonds. The Hall–Kier alpha value is 0.411. The van der Waals surface area contributed by atoms with Crippen LogP contribution in [-0.4, -0.2) is 76.5 Å². The van der Waals surface area contributed by atoms with Gasteiger partial charge in [-0.05, 0) is 58.9 Å². The highest BCUT2D eigenvalue weighted by Crippen LogP contribution is 2.32. The van der Waals surface area contributed by atoms with Crippen LogP contribution >= 0.6 is 0 Å². The van der Waals surface area contributed by atoms with E-state index in [0.717, 1.165) is 0 Å². The van der Waals surface area contributed by atoms with Crippen molar-refractivity contribution >= 4 is 25.0 Å². The van der Waals surface area contributed by atoms with Gasteiger partial charge < -0.3 is 27.5 Å². The van der Waals surface area contributed by atoms with Gasteiger partial charge in [0.25, 0.3) is 0 Å². The van der Waals surface area contributed by atoms with Gasteiger partial charge in [-0.3, -0.25) is 0 Å². The zero-order valence-corrected chi connectivity index (χ0v) is 21.5. The molecule has 0 aliphatic carbocycles. The number of methoxy groups -OCH3 is 2. The summed E-state index contributed by atoms with van der Waals surface area (Å²) >= 11 is 0. The molecule has 5 unspecified atom stereocenters. The first-order valence-electron chi connectivity index (χ1n) is 9.37. The second-order valence-electron chi connectivity index (χ2n) is 9.79. The second-order valence-corrected chi connectivity index (χ2v) is 23.2. The monoisotopic (exact) mass is 424 g/mol. The lowest BCUT2D eigenvalue weighted by atomic mass is 9.99. The van der Waals surface area contributed by atoms with E-state index in [9.17, 15) is 0 Å². The molecule has 0 radical (unpaired) electrons. The average Bonchev–Trinajstić information content (AvgIpc) is 2.42. The molecule has 156 valence electrons. The summed E-state index contributed by atoms with van der Waals surface area (Å²) in [6.45, 7) is 19.9. The Morgan fingerprint density at radius 2 is 1.15 bits per heavy atom. The molecule has 1 fully saturated rings. The minimum atomic E-state index is -1.83. The lowest BCUT2D eigenvalue weighted by Crippen LogP contribution is -2.64. The van der Waals surface area contributed by atoms with Crippen LogP contribution in [-0.2, 0) is 27.5 Å². The Labute approximate surface area is 163 Å². The third-order valence-corrected chi connectivity index (χ3v) is 6.73. The van der Waals surface area contributed by atoms with Gasteiger partial charge in [-0.2, -0.15) is 0 Å². The summed E-state index contributed by atoms with van der Waals surface area (Å²) in [5, 5.41) is 0. The molecule has 0 aromatic rings. The molecule has 1 aliphatic heterocycles. The van der Waals surface area contributed by atoms with Crippen molar-refractivity contribution in [2.24, 2.45) is 0 Å². The van der Waals surface area contributed by atoms with E-state index in [-0.39, 0.29) is 24.4 Å². The van der Waals surface area contributed by atoms with Crippen LogP contribution in [0.5, 0.6) is 0 Å². The van der Waals surface area contributed by atoms with Crippen molar-refractivity contribution in [3.8, 4) is 0 Å². The molecule has 1 saturated heterocycles. The quantitative estimate of drug-likeness (QED) is 0.526. The van der Waals surface area contributed by atoms with E-state index in [2.05, 4.69) is 58.9 Å². The minimum absolute atomic E-state index is 0.241. The Balaban J connectivity index is 3.12. The van der Waals surface area contributed by atoms with Gasteiger partial charge >= 0.3 is 0 Å². The van der Waals surface area contributed by atoms with E-state index in [1.54, 1.807) is 14.2 Å². The molecule has 0 spiro atoms. The first kappa shape index (κ1) is 24.4. The zero-order chi connectivity index (χ0) is 20.3. The number of ether oxygens (including phenoxy) is 3.